The summed E-state index contributed by atoms with van der Waals surface area (Å²) >= 11 is 0. The molecule has 2 aromatic rings. The number of carbonyl (C=O) groups is 1. The Hall–Kier alpha value is -2.41. The van der Waals surface area contributed by atoms with Crippen LogP contribution in [-0.4, -0.2) is 71.5 Å². The maximum atomic E-state index is 12.4. The Kier molecular flexibility index (Phi) is 5.33. The standard InChI is InChI=1S/C18H25N5O2/c1-3-21(4-2)13-16(24)22-9-11-23(12-10-22)18-19-15-8-6-5-7-14(15)17(25)20-18/h5-8H,3-4,9-13H2,1-2H3,(H,19,20,25). The summed E-state index contributed by atoms with van der Waals surface area (Å²) in [6.07, 6.45) is 0. The third kappa shape index (κ3) is 3.82. The Bertz CT molecular complexity index is 791. The van der Waals surface area contributed by atoms with E-state index in [9.17, 15) is 9.59 Å². The molecule has 134 valence electrons. The Morgan fingerprint density at radius 3 is 2.52 bits per heavy atom. The molecular formula is C18H25N5O2. The molecule has 0 unspecified atom stereocenters. The van der Waals surface area contributed by atoms with Crippen molar-refractivity contribution < 1.29 is 4.79 Å². The first kappa shape index (κ1) is 17.4. The van der Waals surface area contributed by atoms with Gasteiger partial charge >= 0.3 is 0 Å². The molecule has 7 nitrogen and oxygen atoms in total. The van der Waals surface area contributed by atoms with E-state index in [2.05, 4.69) is 28.7 Å². The average molecular weight is 343 g/mol. The van der Waals surface area contributed by atoms with E-state index in [0.717, 1.165) is 13.1 Å². The maximum Gasteiger partial charge on any atom is 0.260 e. The average Bonchev–Trinajstić information content (AvgIpc) is 2.66. The monoisotopic (exact) mass is 343 g/mol. The molecule has 25 heavy (non-hydrogen) atoms. The molecule has 0 atom stereocenters. The van der Waals surface area contributed by atoms with Crippen LogP contribution in [0.1, 0.15) is 13.8 Å². The van der Waals surface area contributed by atoms with Crippen molar-refractivity contribution in [3.05, 3.63) is 34.6 Å². The van der Waals surface area contributed by atoms with Crippen LogP contribution in [-0.2, 0) is 4.79 Å². The largest absolute Gasteiger partial charge is 0.339 e. The van der Waals surface area contributed by atoms with E-state index in [1.165, 1.54) is 0 Å². The number of carbonyl (C=O) groups excluding carboxylic acids is 1. The molecule has 0 radical (unpaired) electrons. The number of H-pyrrole nitrogens is 1. The maximum absolute atomic E-state index is 12.4. The summed E-state index contributed by atoms with van der Waals surface area (Å²) in [4.78, 5) is 38.1. The van der Waals surface area contributed by atoms with Gasteiger partial charge in [-0.1, -0.05) is 26.0 Å². The van der Waals surface area contributed by atoms with Crippen molar-refractivity contribution in [2.75, 3.05) is 50.7 Å². The number of likely N-dealkylation sites (N-methyl/N-ethyl adjacent to an activating group) is 1. The molecule has 3 rings (SSSR count). The number of aromatic amines is 1. The summed E-state index contributed by atoms with van der Waals surface area (Å²) in [6, 6.07) is 7.33. The summed E-state index contributed by atoms with van der Waals surface area (Å²) in [6.45, 7) is 9.00. The highest BCUT2D eigenvalue weighted by Crippen LogP contribution is 2.14. The van der Waals surface area contributed by atoms with Crippen LogP contribution < -0.4 is 10.5 Å². The molecule has 0 saturated carbocycles. The minimum absolute atomic E-state index is 0.124. The van der Waals surface area contributed by atoms with Gasteiger partial charge in [0.05, 0.1) is 17.4 Å². The minimum Gasteiger partial charge on any atom is -0.339 e. The number of fused-ring (bicyclic) bond motifs is 1. The first-order valence-corrected chi connectivity index (χ1v) is 8.86. The molecule has 7 heteroatoms. The van der Waals surface area contributed by atoms with Crippen molar-refractivity contribution >= 4 is 22.8 Å². The Labute approximate surface area is 147 Å². The second-order valence-electron chi connectivity index (χ2n) is 6.24. The molecule has 0 bridgehead atoms. The first-order chi connectivity index (χ1) is 12.1. The van der Waals surface area contributed by atoms with E-state index in [1.807, 2.05) is 28.0 Å². The number of rotatable bonds is 5. The van der Waals surface area contributed by atoms with E-state index < -0.39 is 0 Å². The number of piperazine rings is 1. The lowest BCUT2D eigenvalue weighted by Gasteiger charge is -2.35. The lowest BCUT2D eigenvalue weighted by molar-refractivity contribution is -0.132. The second-order valence-corrected chi connectivity index (χ2v) is 6.24. The van der Waals surface area contributed by atoms with Crippen LogP contribution in [0.4, 0.5) is 5.95 Å². The number of benzene rings is 1. The number of nitrogens with one attached hydrogen (secondary N) is 1. The van der Waals surface area contributed by atoms with Crippen molar-refractivity contribution in [3.8, 4) is 0 Å². The lowest BCUT2D eigenvalue weighted by atomic mass is 10.2. The van der Waals surface area contributed by atoms with Crippen LogP contribution in [0.5, 0.6) is 0 Å². The molecule has 1 aliphatic rings. The quantitative estimate of drug-likeness (QED) is 0.874. The fourth-order valence-corrected chi connectivity index (χ4v) is 3.13. The topological polar surface area (TPSA) is 72.5 Å². The van der Waals surface area contributed by atoms with Gasteiger partial charge in [0, 0.05) is 26.2 Å². The molecule has 1 aliphatic heterocycles. The van der Waals surface area contributed by atoms with E-state index in [0.29, 0.717) is 49.6 Å². The number of para-hydroxylation sites is 1. The predicted octanol–water partition coefficient (Wildman–Crippen LogP) is 0.913. The Morgan fingerprint density at radius 1 is 1.16 bits per heavy atom. The number of aromatic nitrogens is 2. The summed E-state index contributed by atoms with van der Waals surface area (Å²) in [5, 5.41) is 0.597. The summed E-state index contributed by atoms with van der Waals surface area (Å²) in [7, 11) is 0. The zero-order valence-corrected chi connectivity index (χ0v) is 14.9. The highest BCUT2D eigenvalue weighted by molar-refractivity contribution is 5.79. The zero-order valence-electron chi connectivity index (χ0n) is 14.9. The Morgan fingerprint density at radius 2 is 1.84 bits per heavy atom. The fraction of sp³-hybridized carbons (Fsp3) is 0.500. The number of anilines is 1. The van der Waals surface area contributed by atoms with Gasteiger partial charge in [-0.3, -0.25) is 19.5 Å². The fourth-order valence-electron chi connectivity index (χ4n) is 3.13. The van der Waals surface area contributed by atoms with Gasteiger partial charge in [0.15, 0.2) is 0 Å². The number of nitrogens with zero attached hydrogens (tertiary/aromatic N) is 4. The van der Waals surface area contributed by atoms with Gasteiger partial charge in [0.25, 0.3) is 5.56 Å². The molecule has 1 amide bonds. The van der Waals surface area contributed by atoms with Gasteiger partial charge in [-0.15, -0.1) is 0 Å². The number of amides is 1. The first-order valence-electron chi connectivity index (χ1n) is 8.86. The van der Waals surface area contributed by atoms with E-state index in [4.69, 9.17) is 0 Å². The molecule has 2 heterocycles. The minimum atomic E-state index is -0.124. The third-order valence-electron chi connectivity index (χ3n) is 4.79. The summed E-state index contributed by atoms with van der Waals surface area (Å²) in [5.41, 5.74) is 0.571. The molecule has 1 N–H and O–H groups in total. The molecule has 1 saturated heterocycles. The predicted molar refractivity (Wildman–Crippen MR) is 98.9 cm³/mol. The SMILES string of the molecule is CCN(CC)CC(=O)N1CCN(c2nc3ccccc3c(=O)[nH]2)CC1. The van der Waals surface area contributed by atoms with E-state index >= 15 is 0 Å². The van der Waals surface area contributed by atoms with Crippen molar-refractivity contribution in [3.63, 3.8) is 0 Å². The zero-order chi connectivity index (χ0) is 17.8. The van der Waals surface area contributed by atoms with Crippen LogP contribution in [0.3, 0.4) is 0 Å². The smallest absolute Gasteiger partial charge is 0.260 e. The van der Waals surface area contributed by atoms with Gasteiger partial charge in [-0.05, 0) is 25.2 Å². The van der Waals surface area contributed by atoms with Crippen molar-refractivity contribution in [2.45, 2.75) is 13.8 Å². The van der Waals surface area contributed by atoms with Gasteiger partial charge in [0.1, 0.15) is 0 Å². The van der Waals surface area contributed by atoms with E-state index in [1.54, 1.807) is 6.07 Å². The van der Waals surface area contributed by atoms with E-state index in [-0.39, 0.29) is 11.5 Å². The van der Waals surface area contributed by atoms with Crippen molar-refractivity contribution in [1.82, 2.24) is 19.8 Å². The van der Waals surface area contributed by atoms with Gasteiger partial charge in [-0.2, -0.15) is 0 Å². The third-order valence-corrected chi connectivity index (χ3v) is 4.79. The molecule has 0 spiro atoms. The summed E-state index contributed by atoms with van der Waals surface area (Å²) in [5.74, 6) is 0.753. The molecule has 1 aromatic heterocycles. The van der Waals surface area contributed by atoms with Crippen molar-refractivity contribution in [1.29, 1.82) is 0 Å². The molecule has 0 aliphatic carbocycles. The lowest BCUT2D eigenvalue weighted by Crippen LogP contribution is -2.51. The number of hydrogen-bond acceptors (Lipinski definition) is 5. The van der Waals surface area contributed by atoms with Crippen LogP contribution in [0.2, 0.25) is 0 Å². The van der Waals surface area contributed by atoms with Gasteiger partial charge in [-0.25, -0.2) is 4.98 Å². The van der Waals surface area contributed by atoms with Crippen LogP contribution in [0.25, 0.3) is 10.9 Å². The summed E-state index contributed by atoms with van der Waals surface area (Å²) < 4.78 is 0. The molecule has 1 fully saturated rings. The highest BCUT2D eigenvalue weighted by Gasteiger charge is 2.23. The van der Waals surface area contributed by atoms with Crippen LogP contribution in [0, 0.1) is 0 Å². The Balaban J connectivity index is 1.66. The van der Waals surface area contributed by atoms with Crippen LogP contribution >= 0.6 is 0 Å². The normalized spacial score (nSPS) is 15.2. The van der Waals surface area contributed by atoms with Gasteiger partial charge < -0.3 is 9.80 Å². The second kappa shape index (κ2) is 7.65. The van der Waals surface area contributed by atoms with Gasteiger partial charge in [0.2, 0.25) is 11.9 Å². The van der Waals surface area contributed by atoms with Crippen molar-refractivity contribution in [2.24, 2.45) is 0 Å². The van der Waals surface area contributed by atoms with Crippen LogP contribution in [0.15, 0.2) is 29.1 Å². The number of hydrogen-bond donors (Lipinski definition) is 1. The highest BCUT2D eigenvalue weighted by atomic mass is 16.2. The molecular weight excluding hydrogens is 318 g/mol. The molecule has 1 aromatic carbocycles.